The van der Waals surface area contributed by atoms with Crippen LogP contribution in [0, 0.1) is 0 Å². The van der Waals surface area contributed by atoms with E-state index in [1.54, 1.807) is 0 Å². The van der Waals surface area contributed by atoms with Crippen molar-refractivity contribution in [1.82, 2.24) is 0 Å². The molecular weight excluding hydrogens is 206 g/mol. The van der Waals surface area contributed by atoms with E-state index in [0.717, 1.165) is 12.8 Å². The Kier molecular flexibility index (Phi) is 2.73. The van der Waals surface area contributed by atoms with Gasteiger partial charge in [-0.25, -0.2) is 0 Å². The van der Waals surface area contributed by atoms with Crippen LogP contribution in [-0.4, -0.2) is 16.0 Å². The Morgan fingerprint density at radius 1 is 1.31 bits per heavy atom. The molecule has 1 saturated carbocycles. The number of aromatic hydroxyl groups is 2. The molecule has 0 saturated heterocycles. The fraction of sp³-hybridized carbons (Fsp3) is 0.417. The van der Waals surface area contributed by atoms with E-state index in [0.29, 0.717) is 24.1 Å². The summed E-state index contributed by atoms with van der Waals surface area (Å²) in [6, 6.07) is 2.68. The van der Waals surface area contributed by atoms with Gasteiger partial charge in [-0.1, -0.05) is 0 Å². The van der Waals surface area contributed by atoms with E-state index in [9.17, 15) is 15.0 Å². The molecule has 1 aromatic rings. The van der Waals surface area contributed by atoms with Crippen molar-refractivity contribution in [1.29, 1.82) is 0 Å². The molecule has 86 valence electrons. The summed E-state index contributed by atoms with van der Waals surface area (Å²) in [4.78, 5) is 11.4. The molecule has 0 amide bonds. The summed E-state index contributed by atoms with van der Waals surface area (Å²) in [5.41, 5.74) is 6.73. The van der Waals surface area contributed by atoms with E-state index in [2.05, 4.69) is 0 Å². The van der Waals surface area contributed by atoms with Crippen LogP contribution in [0.25, 0.3) is 0 Å². The van der Waals surface area contributed by atoms with Gasteiger partial charge in [0.1, 0.15) is 17.3 Å². The largest absolute Gasteiger partial charge is 0.508 e. The molecule has 1 aliphatic carbocycles. The Morgan fingerprint density at radius 2 is 2.06 bits per heavy atom. The third-order valence-corrected chi connectivity index (χ3v) is 3.07. The minimum absolute atomic E-state index is 0.0122. The van der Waals surface area contributed by atoms with Crippen LogP contribution in [0.4, 0.5) is 5.69 Å². The van der Waals surface area contributed by atoms with E-state index in [1.165, 1.54) is 12.1 Å². The van der Waals surface area contributed by atoms with Gasteiger partial charge in [0.05, 0.1) is 0 Å². The van der Waals surface area contributed by atoms with Crippen LogP contribution < -0.4 is 5.73 Å². The molecule has 16 heavy (non-hydrogen) atoms. The van der Waals surface area contributed by atoms with Gasteiger partial charge in [0, 0.05) is 36.2 Å². The highest BCUT2D eigenvalue weighted by Gasteiger charge is 2.25. The minimum atomic E-state index is -0.0547. The Balaban J connectivity index is 2.35. The molecule has 1 unspecified atom stereocenters. The van der Waals surface area contributed by atoms with Crippen molar-refractivity contribution in [3.63, 3.8) is 0 Å². The van der Waals surface area contributed by atoms with Crippen LogP contribution >= 0.6 is 0 Å². The Bertz CT molecular complexity index is 405. The summed E-state index contributed by atoms with van der Waals surface area (Å²) in [5.74, 6) is 0.128. The molecule has 0 radical (unpaired) electrons. The molecule has 0 heterocycles. The lowest BCUT2D eigenvalue weighted by atomic mass is 9.82. The van der Waals surface area contributed by atoms with E-state index in [1.807, 2.05) is 0 Å². The van der Waals surface area contributed by atoms with Crippen molar-refractivity contribution in [2.24, 2.45) is 0 Å². The standard InChI is InChI=1S/C12H15NO3/c13-10-5-9(15)6-11(16)12(10)7-2-1-3-8(14)4-7/h5-7,15-16H,1-4,13H2. The molecule has 4 heteroatoms. The van der Waals surface area contributed by atoms with E-state index >= 15 is 0 Å². The summed E-state index contributed by atoms with van der Waals surface area (Å²) in [7, 11) is 0. The fourth-order valence-electron chi connectivity index (χ4n) is 2.36. The number of anilines is 1. The van der Waals surface area contributed by atoms with Crippen molar-refractivity contribution in [2.45, 2.75) is 31.6 Å². The number of nitrogen functional groups attached to an aromatic ring is 1. The number of benzene rings is 1. The topological polar surface area (TPSA) is 83.6 Å². The number of rotatable bonds is 1. The first kappa shape index (κ1) is 10.8. The molecule has 0 aromatic heterocycles. The third kappa shape index (κ3) is 1.96. The van der Waals surface area contributed by atoms with Crippen LogP contribution in [0.5, 0.6) is 11.5 Å². The SMILES string of the molecule is Nc1cc(O)cc(O)c1C1CCCC(=O)C1. The second-order valence-corrected chi connectivity index (χ2v) is 4.30. The predicted molar refractivity (Wildman–Crippen MR) is 60.4 cm³/mol. The first-order valence-electron chi connectivity index (χ1n) is 5.41. The van der Waals surface area contributed by atoms with E-state index in [-0.39, 0.29) is 23.2 Å². The molecule has 4 N–H and O–H groups in total. The number of nitrogens with two attached hydrogens (primary N) is 1. The zero-order valence-electron chi connectivity index (χ0n) is 8.94. The number of carbonyl (C=O) groups is 1. The number of phenols is 2. The average molecular weight is 221 g/mol. The zero-order valence-corrected chi connectivity index (χ0v) is 8.94. The lowest BCUT2D eigenvalue weighted by Gasteiger charge is -2.23. The van der Waals surface area contributed by atoms with Crippen LogP contribution in [0.1, 0.15) is 37.2 Å². The number of hydrogen-bond acceptors (Lipinski definition) is 4. The second kappa shape index (κ2) is 4.04. The Hall–Kier alpha value is -1.71. The van der Waals surface area contributed by atoms with Gasteiger partial charge in [0.25, 0.3) is 0 Å². The molecule has 0 spiro atoms. The van der Waals surface area contributed by atoms with Gasteiger partial charge in [0.2, 0.25) is 0 Å². The molecule has 1 aromatic carbocycles. The van der Waals surface area contributed by atoms with Crippen molar-refractivity contribution in [2.75, 3.05) is 5.73 Å². The summed E-state index contributed by atoms with van der Waals surface area (Å²) in [5, 5.41) is 19.0. The van der Waals surface area contributed by atoms with Gasteiger partial charge >= 0.3 is 0 Å². The van der Waals surface area contributed by atoms with Gasteiger partial charge in [-0.15, -0.1) is 0 Å². The van der Waals surface area contributed by atoms with Crippen molar-refractivity contribution in [3.05, 3.63) is 17.7 Å². The first-order chi connectivity index (χ1) is 7.58. The minimum Gasteiger partial charge on any atom is -0.508 e. The zero-order chi connectivity index (χ0) is 11.7. The van der Waals surface area contributed by atoms with Crippen LogP contribution in [0.3, 0.4) is 0 Å². The van der Waals surface area contributed by atoms with Crippen LogP contribution in [-0.2, 0) is 4.79 Å². The molecule has 0 bridgehead atoms. The molecule has 1 fully saturated rings. The predicted octanol–water partition coefficient (Wildman–Crippen LogP) is 1.91. The van der Waals surface area contributed by atoms with Gasteiger partial charge in [-0.05, 0) is 18.8 Å². The fourth-order valence-corrected chi connectivity index (χ4v) is 2.36. The Morgan fingerprint density at radius 3 is 2.69 bits per heavy atom. The van der Waals surface area contributed by atoms with Gasteiger partial charge < -0.3 is 15.9 Å². The number of phenolic OH excluding ortho intramolecular Hbond substituents is 2. The Labute approximate surface area is 93.7 Å². The number of ketones is 1. The highest BCUT2D eigenvalue weighted by atomic mass is 16.3. The normalized spacial score (nSPS) is 21.0. The lowest BCUT2D eigenvalue weighted by molar-refractivity contribution is -0.120. The maximum Gasteiger partial charge on any atom is 0.133 e. The van der Waals surface area contributed by atoms with Crippen molar-refractivity contribution < 1.29 is 15.0 Å². The summed E-state index contributed by atoms with van der Waals surface area (Å²) in [6.07, 6.45) is 2.75. The molecule has 0 aliphatic heterocycles. The van der Waals surface area contributed by atoms with Crippen LogP contribution in [0.2, 0.25) is 0 Å². The number of carbonyl (C=O) groups excluding carboxylic acids is 1. The highest BCUT2D eigenvalue weighted by Crippen LogP contribution is 2.40. The number of Topliss-reactive ketones (excluding diaryl/α,β-unsaturated/α-hetero) is 1. The van der Waals surface area contributed by atoms with Gasteiger partial charge in [-0.3, -0.25) is 4.79 Å². The highest BCUT2D eigenvalue weighted by molar-refractivity contribution is 5.80. The second-order valence-electron chi connectivity index (χ2n) is 4.30. The first-order valence-corrected chi connectivity index (χ1v) is 5.41. The van der Waals surface area contributed by atoms with E-state index in [4.69, 9.17) is 5.73 Å². The van der Waals surface area contributed by atoms with E-state index < -0.39 is 0 Å². The van der Waals surface area contributed by atoms with Crippen molar-refractivity contribution >= 4 is 11.5 Å². The maximum absolute atomic E-state index is 11.4. The van der Waals surface area contributed by atoms with Crippen LogP contribution in [0.15, 0.2) is 12.1 Å². The van der Waals surface area contributed by atoms with Gasteiger partial charge in [-0.2, -0.15) is 0 Å². The maximum atomic E-state index is 11.4. The molecule has 4 nitrogen and oxygen atoms in total. The molecule has 1 atom stereocenters. The summed E-state index contributed by atoms with van der Waals surface area (Å²) in [6.45, 7) is 0. The number of hydrogen-bond donors (Lipinski definition) is 3. The smallest absolute Gasteiger partial charge is 0.133 e. The quantitative estimate of drug-likeness (QED) is 0.632. The third-order valence-electron chi connectivity index (χ3n) is 3.07. The summed E-state index contributed by atoms with van der Waals surface area (Å²) >= 11 is 0. The lowest BCUT2D eigenvalue weighted by Crippen LogP contribution is -2.14. The molecule has 1 aliphatic rings. The van der Waals surface area contributed by atoms with Crippen molar-refractivity contribution in [3.8, 4) is 11.5 Å². The monoisotopic (exact) mass is 221 g/mol. The average Bonchev–Trinajstić information content (AvgIpc) is 2.15. The van der Waals surface area contributed by atoms with Gasteiger partial charge in [0.15, 0.2) is 0 Å². The summed E-state index contributed by atoms with van der Waals surface area (Å²) < 4.78 is 0. The molecule has 2 rings (SSSR count). The molecular formula is C12H15NO3.